The third-order valence-corrected chi connectivity index (χ3v) is 3.52. The first-order valence-corrected chi connectivity index (χ1v) is 6.19. The molecule has 0 aliphatic heterocycles. The number of benzene rings is 1. The molecule has 0 amide bonds. The minimum Gasteiger partial charge on any atom is -0.246 e. The van der Waals surface area contributed by atoms with E-state index in [1.165, 1.54) is 0 Å². The van der Waals surface area contributed by atoms with Crippen molar-refractivity contribution in [1.82, 2.24) is 0 Å². The first-order valence-electron chi connectivity index (χ1n) is 4.22. The zero-order chi connectivity index (χ0) is 13.4. The van der Waals surface area contributed by atoms with Gasteiger partial charge in [-0.15, -0.1) is 0 Å². The summed E-state index contributed by atoms with van der Waals surface area (Å²) >= 11 is 0. The Labute approximate surface area is 93.2 Å². The van der Waals surface area contributed by atoms with E-state index >= 15 is 0 Å². The Hall–Kier alpha value is -0.840. The maximum atomic E-state index is 13.4. The fraction of sp³-hybridized carbons (Fsp3) is 0.333. The smallest absolute Gasteiger partial charge is 0.246 e. The predicted octanol–water partition coefficient (Wildman–Crippen LogP) is 3.79. The molecule has 0 aliphatic carbocycles. The lowest BCUT2D eigenvalue weighted by Gasteiger charge is -2.15. The van der Waals surface area contributed by atoms with Crippen LogP contribution < -0.4 is 5.30 Å². The van der Waals surface area contributed by atoms with E-state index in [1.807, 2.05) is 0 Å². The molecule has 0 saturated carbocycles. The van der Waals surface area contributed by atoms with Gasteiger partial charge in [0.25, 0.3) is 0 Å². The van der Waals surface area contributed by atoms with Gasteiger partial charge in [0, 0.05) is 5.30 Å². The summed E-state index contributed by atoms with van der Waals surface area (Å²) in [5.41, 5.74) is -2.31. The third kappa shape index (κ3) is 2.70. The number of hydrogen-bond acceptors (Lipinski definition) is 0. The van der Waals surface area contributed by atoms with Gasteiger partial charge in [0.05, 0.1) is 0 Å². The highest BCUT2D eigenvalue weighted by atomic mass is 31.1. The molecule has 0 radical (unpaired) electrons. The molecule has 1 unspecified atom stereocenters. The lowest BCUT2D eigenvalue weighted by molar-refractivity contribution is -0.142. The van der Waals surface area contributed by atoms with Crippen LogP contribution in [-0.2, 0) is 6.18 Å². The van der Waals surface area contributed by atoms with Crippen LogP contribution in [0.2, 0.25) is 0 Å². The molecule has 0 fully saturated rings. The molecule has 0 N–H and O–H groups in total. The summed E-state index contributed by atoms with van der Waals surface area (Å²) in [6, 6.07) is 0.269. The van der Waals surface area contributed by atoms with E-state index in [0.29, 0.717) is 0 Å². The van der Waals surface area contributed by atoms with Crippen LogP contribution in [0.3, 0.4) is 0 Å². The summed E-state index contributed by atoms with van der Waals surface area (Å²) < 4.78 is 88.3. The second kappa shape index (κ2) is 4.80. The van der Waals surface area contributed by atoms with Gasteiger partial charge in [-0.3, -0.25) is 0 Å². The molecule has 1 rings (SSSR count). The molecule has 1 aromatic rings. The van der Waals surface area contributed by atoms with Crippen molar-refractivity contribution in [3.63, 3.8) is 0 Å². The Bertz CT molecular complexity index is 426. The van der Waals surface area contributed by atoms with Crippen molar-refractivity contribution in [1.29, 1.82) is 0 Å². The normalized spacial score (nSPS) is 13.9. The number of halogens is 7. The molecular formula is C9H6F7P. The highest BCUT2D eigenvalue weighted by Gasteiger charge is 2.40. The van der Waals surface area contributed by atoms with Gasteiger partial charge in [-0.1, -0.05) is 0 Å². The molecule has 0 nitrogen and oxygen atoms in total. The van der Waals surface area contributed by atoms with Crippen LogP contribution in [-0.4, -0.2) is 13.1 Å². The van der Waals surface area contributed by atoms with Crippen LogP contribution in [0.5, 0.6) is 0 Å². The third-order valence-electron chi connectivity index (χ3n) is 2.01. The summed E-state index contributed by atoms with van der Waals surface area (Å²) in [5, 5.41) is -0.770. The Morgan fingerprint density at radius 2 is 1.65 bits per heavy atom. The van der Waals surface area contributed by atoms with Gasteiger partial charge in [-0.05, 0) is 20.7 Å². The van der Waals surface area contributed by atoms with Crippen molar-refractivity contribution in [2.24, 2.45) is 0 Å². The zero-order valence-corrected chi connectivity index (χ0v) is 9.27. The molecule has 0 heterocycles. The highest BCUT2D eigenvalue weighted by Crippen LogP contribution is 2.38. The van der Waals surface area contributed by atoms with Crippen LogP contribution >= 0.6 is 7.92 Å². The maximum absolute atomic E-state index is 13.4. The van der Waals surface area contributed by atoms with Crippen molar-refractivity contribution in [2.75, 3.05) is 13.1 Å². The average molecular weight is 278 g/mol. The van der Waals surface area contributed by atoms with Gasteiger partial charge in [0.1, 0.15) is 17.8 Å². The lowest BCUT2D eigenvalue weighted by atomic mass is 10.2. The average Bonchev–Trinajstić information content (AvgIpc) is 2.20. The first kappa shape index (κ1) is 14.2. The van der Waals surface area contributed by atoms with Crippen molar-refractivity contribution >= 4 is 13.2 Å². The van der Waals surface area contributed by atoms with Crippen molar-refractivity contribution in [3.8, 4) is 0 Å². The van der Waals surface area contributed by atoms with E-state index in [-0.39, 0.29) is 6.07 Å². The quantitative estimate of drug-likeness (QED) is 0.438. The van der Waals surface area contributed by atoms with Gasteiger partial charge in [-0.25, -0.2) is 17.6 Å². The second-order valence-corrected chi connectivity index (χ2v) is 5.31. The van der Waals surface area contributed by atoms with Crippen molar-refractivity contribution in [2.45, 2.75) is 6.18 Å². The molecule has 0 aliphatic rings. The van der Waals surface area contributed by atoms with E-state index in [1.54, 1.807) is 0 Å². The topological polar surface area (TPSA) is 0 Å². The predicted molar refractivity (Wildman–Crippen MR) is 49.8 cm³/mol. The van der Waals surface area contributed by atoms with Gasteiger partial charge >= 0.3 is 6.18 Å². The van der Waals surface area contributed by atoms with Crippen LogP contribution in [0.1, 0.15) is 5.56 Å². The molecule has 0 aromatic heterocycles. The van der Waals surface area contributed by atoms with Crippen LogP contribution in [0.4, 0.5) is 30.7 Å². The lowest BCUT2D eigenvalue weighted by Crippen LogP contribution is -2.21. The molecule has 96 valence electrons. The van der Waals surface area contributed by atoms with E-state index in [0.717, 1.165) is 6.66 Å². The summed E-state index contributed by atoms with van der Waals surface area (Å²) in [6.07, 6.45) is -6.48. The minimum absolute atomic E-state index is 0.269. The zero-order valence-electron chi connectivity index (χ0n) is 8.38. The molecule has 0 spiro atoms. The second-order valence-electron chi connectivity index (χ2n) is 3.20. The van der Waals surface area contributed by atoms with Crippen LogP contribution in [0, 0.1) is 17.5 Å². The standard InChI is InChI=1S/C9H6F7P/c1-17(3-10)5-2-4(11)7(12)6(8(5)13)9(14,15)16/h2H,3H2,1H3. The first-order chi connectivity index (χ1) is 7.70. The van der Waals surface area contributed by atoms with Gasteiger partial charge in [0.15, 0.2) is 11.6 Å². The van der Waals surface area contributed by atoms with Gasteiger partial charge in [-0.2, -0.15) is 13.2 Å². The Kier molecular flexibility index (Phi) is 4.02. The van der Waals surface area contributed by atoms with E-state index in [9.17, 15) is 30.7 Å². The molecule has 1 atom stereocenters. The van der Waals surface area contributed by atoms with Gasteiger partial charge < -0.3 is 0 Å². The van der Waals surface area contributed by atoms with Gasteiger partial charge in [0.2, 0.25) is 0 Å². The van der Waals surface area contributed by atoms with E-state index < -0.39 is 48.8 Å². The Balaban J connectivity index is 3.54. The fourth-order valence-corrected chi connectivity index (χ4v) is 2.09. The Morgan fingerprint density at radius 1 is 1.12 bits per heavy atom. The number of alkyl halides is 4. The monoisotopic (exact) mass is 278 g/mol. The summed E-state index contributed by atoms with van der Waals surface area (Å²) in [6.45, 7) is 1.13. The fourth-order valence-electron chi connectivity index (χ4n) is 1.18. The molecule has 0 saturated heterocycles. The summed E-state index contributed by atoms with van der Waals surface area (Å²) in [5.74, 6) is -6.08. The summed E-state index contributed by atoms with van der Waals surface area (Å²) in [7, 11) is -1.93. The SMILES string of the molecule is CP(CF)c1cc(F)c(F)c(C(F)(F)F)c1F. The number of rotatable bonds is 2. The maximum Gasteiger partial charge on any atom is 0.422 e. The molecule has 8 heteroatoms. The van der Waals surface area contributed by atoms with E-state index in [2.05, 4.69) is 0 Å². The Morgan fingerprint density at radius 3 is 2.06 bits per heavy atom. The molecule has 17 heavy (non-hydrogen) atoms. The highest BCUT2D eigenvalue weighted by molar-refractivity contribution is 7.64. The van der Waals surface area contributed by atoms with Crippen molar-refractivity contribution < 1.29 is 30.7 Å². The van der Waals surface area contributed by atoms with Crippen LogP contribution in [0.15, 0.2) is 6.07 Å². The summed E-state index contributed by atoms with van der Waals surface area (Å²) in [4.78, 5) is 0. The van der Waals surface area contributed by atoms with E-state index in [4.69, 9.17) is 0 Å². The van der Waals surface area contributed by atoms with Crippen LogP contribution in [0.25, 0.3) is 0 Å². The number of hydrogen-bond donors (Lipinski definition) is 0. The molecule has 0 bridgehead atoms. The van der Waals surface area contributed by atoms with Crippen molar-refractivity contribution in [3.05, 3.63) is 29.1 Å². The minimum atomic E-state index is -5.36. The molecule has 1 aromatic carbocycles. The molecular weight excluding hydrogens is 272 g/mol. The largest absolute Gasteiger partial charge is 0.422 e.